The molecule has 96 valence electrons. The SMILES string of the molecule is Fc1c(Cl)cc2onc(-c3ccc(Cl)cc3)c2c1Cl. The van der Waals surface area contributed by atoms with Crippen LogP contribution < -0.4 is 0 Å². The molecule has 0 saturated heterocycles. The van der Waals surface area contributed by atoms with E-state index in [2.05, 4.69) is 5.16 Å². The van der Waals surface area contributed by atoms with Crippen molar-refractivity contribution in [3.8, 4) is 11.3 Å². The molecule has 0 atom stereocenters. The van der Waals surface area contributed by atoms with Crippen molar-refractivity contribution < 1.29 is 8.91 Å². The van der Waals surface area contributed by atoms with Gasteiger partial charge in [0.05, 0.1) is 15.4 Å². The molecule has 0 aliphatic heterocycles. The molecule has 1 aromatic heterocycles. The summed E-state index contributed by atoms with van der Waals surface area (Å²) in [4.78, 5) is 0. The molecule has 1 heterocycles. The van der Waals surface area contributed by atoms with E-state index < -0.39 is 5.82 Å². The molecule has 2 aromatic carbocycles. The zero-order valence-corrected chi connectivity index (χ0v) is 11.5. The zero-order chi connectivity index (χ0) is 13.6. The van der Waals surface area contributed by atoms with E-state index in [-0.39, 0.29) is 10.0 Å². The quantitative estimate of drug-likeness (QED) is 0.547. The number of nitrogens with zero attached hydrogens (tertiary/aromatic N) is 1. The first kappa shape index (κ1) is 12.7. The van der Waals surface area contributed by atoms with Crippen LogP contribution in [-0.4, -0.2) is 5.16 Å². The van der Waals surface area contributed by atoms with Crippen LogP contribution in [0, 0.1) is 5.82 Å². The molecule has 3 aromatic rings. The van der Waals surface area contributed by atoms with Crippen molar-refractivity contribution in [3.05, 3.63) is 51.2 Å². The summed E-state index contributed by atoms with van der Waals surface area (Å²) in [6.07, 6.45) is 0. The molecule has 0 fully saturated rings. The third-order valence-electron chi connectivity index (χ3n) is 2.72. The highest BCUT2D eigenvalue weighted by molar-refractivity contribution is 6.39. The summed E-state index contributed by atoms with van der Waals surface area (Å²) < 4.78 is 18.9. The van der Waals surface area contributed by atoms with Crippen LogP contribution in [0.3, 0.4) is 0 Å². The predicted octanol–water partition coefficient (Wildman–Crippen LogP) is 5.59. The van der Waals surface area contributed by atoms with Crippen molar-refractivity contribution in [2.75, 3.05) is 0 Å². The fourth-order valence-corrected chi connectivity index (χ4v) is 2.46. The average Bonchev–Trinajstić information content (AvgIpc) is 2.81. The lowest BCUT2D eigenvalue weighted by Gasteiger charge is -2.01. The van der Waals surface area contributed by atoms with Crippen molar-refractivity contribution in [3.63, 3.8) is 0 Å². The zero-order valence-electron chi connectivity index (χ0n) is 9.25. The lowest BCUT2D eigenvalue weighted by atomic mass is 10.1. The maximum atomic E-state index is 13.7. The van der Waals surface area contributed by atoms with E-state index in [9.17, 15) is 4.39 Å². The number of hydrogen-bond donors (Lipinski definition) is 0. The van der Waals surface area contributed by atoms with Gasteiger partial charge in [0, 0.05) is 16.7 Å². The van der Waals surface area contributed by atoms with E-state index in [1.54, 1.807) is 24.3 Å². The largest absolute Gasteiger partial charge is 0.356 e. The summed E-state index contributed by atoms with van der Waals surface area (Å²) >= 11 is 17.5. The van der Waals surface area contributed by atoms with Crippen molar-refractivity contribution in [1.29, 1.82) is 0 Å². The van der Waals surface area contributed by atoms with Gasteiger partial charge >= 0.3 is 0 Å². The third kappa shape index (κ3) is 2.08. The van der Waals surface area contributed by atoms with Gasteiger partial charge in [0.15, 0.2) is 11.4 Å². The van der Waals surface area contributed by atoms with E-state index in [4.69, 9.17) is 39.3 Å². The lowest BCUT2D eigenvalue weighted by Crippen LogP contribution is -1.83. The number of rotatable bonds is 1. The summed E-state index contributed by atoms with van der Waals surface area (Å²) in [5.41, 5.74) is 1.51. The van der Waals surface area contributed by atoms with Crippen LogP contribution in [0.25, 0.3) is 22.2 Å². The van der Waals surface area contributed by atoms with Crippen LogP contribution in [0.15, 0.2) is 34.9 Å². The van der Waals surface area contributed by atoms with Crippen LogP contribution in [0.5, 0.6) is 0 Å². The molecule has 0 saturated carbocycles. The molecule has 0 radical (unpaired) electrons. The summed E-state index contributed by atoms with van der Waals surface area (Å²) in [5.74, 6) is -0.686. The molecule has 2 nitrogen and oxygen atoms in total. The molecule has 3 rings (SSSR count). The highest BCUT2D eigenvalue weighted by Crippen LogP contribution is 2.38. The molecular weight excluding hydrogens is 312 g/mol. The second-order valence-corrected chi connectivity index (χ2v) is 5.12. The molecule has 0 unspecified atom stereocenters. The van der Waals surface area contributed by atoms with Gasteiger partial charge in [-0.1, -0.05) is 52.1 Å². The Morgan fingerprint density at radius 2 is 1.74 bits per heavy atom. The summed E-state index contributed by atoms with van der Waals surface area (Å²) in [6, 6.07) is 8.27. The Morgan fingerprint density at radius 3 is 2.42 bits per heavy atom. The Kier molecular flexibility index (Phi) is 3.13. The number of benzene rings is 2. The Hall–Kier alpha value is -1.29. The molecule has 0 N–H and O–H groups in total. The number of hydrogen-bond acceptors (Lipinski definition) is 2. The van der Waals surface area contributed by atoms with Gasteiger partial charge in [-0.2, -0.15) is 0 Å². The van der Waals surface area contributed by atoms with Gasteiger partial charge in [0.2, 0.25) is 0 Å². The molecule has 0 amide bonds. The third-order valence-corrected chi connectivity index (χ3v) is 3.60. The summed E-state index contributed by atoms with van der Waals surface area (Å²) in [5, 5.41) is 4.70. The minimum atomic E-state index is -0.686. The number of fused-ring (bicyclic) bond motifs is 1. The standard InChI is InChI=1S/C13H5Cl3FNO/c14-7-3-1-6(2-4-7)13-10-9(19-18-13)5-8(15)12(17)11(10)16/h1-5H. The fourth-order valence-electron chi connectivity index (χ4n) is 1.81. The van der Waals surface area contributed by atoms with Gasteiger partial charge in [0.25, 0.3) is 0 Å². The normalized spacial score (nSPS) is 11.2. The Bertz CT molecular complexity index is 768. The van der Waals surface area contributed by atoms with Crippen LogP contribution in [-0.2, 0) is 0 Å². The molecule has 0 aliphatic rings. The smallest absolute Gasteiger partial charge is 0.170 e. The Balaban J connectivity index is 2.31. The molecule has 19 heavy (non-hydrogen) atoms. The van der Waals surface area contributed by atoms with E-state index >= 15 is 0 Å². The van der Waals surface area contributed by atoms with Crippen molar-refractivity contribution in [2.45, 2.75) is 0 Å². The predicted molar refractivity (Wildman–Crippen MR) is 74.4 cm³/mol. The number of halogens is 4. The van der Waals surface area contributed by atoms with Crippen LogP contribution in [0.4, 0.5) is 4.39 Å². The summed E-state index contributed by atoms with van der Waals surface area (Å²) in [6.45, 7) is 0. The van der Waals surface area contributed by atoms with Gasteiger partial charge in [-0.25, -0.2) is 4.39 Å². The highest BCUT2D eigenvalue weighted by Gasteiger charge is 2.19. The van der Waals surface area contributed by atoms with E-state index in [0.717, 1.165) is 5.56 Å². The second-order valence-electron chi connectivity index (χ2n) is 3.90. The second kappa shape index (κ2) is 4.67. The van der Waals surface area contributed by atoms with Gasteiger partial charge in [0.1, 0.15) is 5.69 Å². The molecule has 0 aliphatic carbocycles. The Morgan fingerprint density at radius 1 is 1.05 bits per heavy atom. The maximum absolute atomic E-state index is 13.7. The minimum absolute atomic E-state index is 0.101. The van der Waals surface area contributed by atoms with Gasteiger partial charge in [-0.05, 0) is 12.1 Å². The lowest BCUT2D eigenvalue weighted by molar-refractivity contribution is 0.459. The first-order valence-corrected chi connectivity index (χ1v) is 6.40. The molecule has 6 heteroatoms. The molecule has 0 spiro atoms. The van der Waals surface area contributed by atoms with E-state index in [1.165, 1.54) is 6.07 Å². The van der Waals surface area contributed by atoms with Crippen molar-refractivity contribution in [1.82, 2.24) is 5.16 Å². The van der Waals surface area contributed by atoms with Crippen LogP contribution >= 0.6 is 34.8 Å². The monoisotopic (exact) mass is 315 g/mol. The van der Waals surface area contributed by atoms with Gasteiger partial charge in [-0.3, -0.25) is 0 Å². The summed E-state index contributed by atoms with van der Waals surface area (Å²) in [7, 11) is 0. The topological polar surface area (TPSA) is 26.0 Å². The minimum Gasteiger partial charge on any atom is -0.356 e. The highest BCUT2D eigenvalue weighted by atomic mass is 35.5. The molecule has 0 bridgehead atoms. The fraction of sp³-hybridized carbons (Fsp3) is 0. The average molecular weight is 317 g/mol. The molecular formula is C13H5Cl3FNO. The first-order chi connectivity index (χ1) is 9.08. The number of aromatic nitrogens is 1. The van der Waals surface area contributed by atoms with Crippen molar-refractivity contribution >= 4 is 45.8 Å². The Labute approximate surface area is 122 Å². The van der Waals surface area contributed by atoms with Gasteiger partial charge in [-0.15, -0.1) is 0 Å². The van der Waals surface area contributed by atoms with Crippen LogP contribution in [0.1, 0.15) is 0 Å². The van der Waals surface area contributed by atoms with E-state index in [1.807, 2.05) is 0 Å². The first-order valence-electron chi connectivity index (χ1n) is 5.26. The van der Waals surface area contributed by atoms with Crippen LogP contribution in [0.2, 0.25) is 15.1 Å². The van der Waals surface area contributed by atoms with Gasteiger partial charge < -0.3 is 4.52 Å². The van der Waals surface area contributed by atoms with Crippen molar-refractivity contribution in [2.24, 2.45) is 0 Å². The van der Waals surface area contributed by atoms with E-state index in [0.29, 0.717) is 21.7 Å². The maximum Gasteiger partial charge on any atom is 0.170 e.